The summed E-state index contributed by atoms with van der Waals surface area (Å²) in [6.07, 6.45) is 3.67. The van der Waals surface area contributed by atoms with Crippen LogP contribution in [0.5, 0.6) is 0 Å². The highest BCUT2D eigenvalue weighted by molar-refractivity contribution is 5.55. The molecule has 27 heavy (non-hydrogen) atoms. The van der Waals surface area contributed by atoms with Crippen LogP contribution in [0.15, 0.2) is 54.6 Å². The number of benzene rings is 2. The van der Waals surface area contributed by atoms with E-state index < -0.39 is 6.35 Å². The summed E-state index contributed by atoms with van der Waals surface area (Å²) in [6, 6.07) is 19.2. The van der Waals surface area contributed by atoms with Gasteiger partial charge in [-0.1, -0.05) is 48.5 Å². The van der Waals surface area contributed by atoms with E-state index >= 15 is 0 Å². The zero-order chi connectivity index (χ0) is 19.1. The zero-order valence-corrected chi connectivity index (χ0v) is 16.7. The lowest BCUT2D eigenvalue weighted by atomic mass is 9.69. The minimum absolute atomic E-state index is 0.0179. The van der Waals surface area contributed by atoms with Crippen LogP contribution in [0.25, 0.3) is 0 Å². The molecule has 0 radical (unpaired) electrons. The third-order valence-electron chi connectivity index (χ3n) is 6.83. The topological polar surface area (TPSA) is 38.7 Å². The summed E-state index contributed by atoms with van der Waals surface area (Å²) in [6.45, 7) is 2.97. The minimum atomic E-state index is -0.616. The zero-order valence-electron chi connectivity index (χ0n) is 16.7. The number of aliphatic hydroxyl groups is 1. The Labute approximate surface area is 162 Å². The highest BCUT2D eigenvalue weighted by Gasteiger charge is 2.50. The Bertz CT molecular complexity index is 781. The first-order valence-corrected chi connectivity index (χ1v) is 9.97. The number of nitrogens with zero attached hydrogens (tertiary/aromatic N) is 2. The first-order valence-electron chi connectivity index (χ1n) is 9.97. The van der Waals surface area contributed by atoms with Gasteiger partial charge < -0.3 is 10.0 Å². The molecule has 1 heterocycles. The van der Waals surface area contributed by atoms with Gasteiger partial charge in [0.2, 0.25) is 0 Å². The summed E-state index contributed by atoms with van der Waals surface area (Å²) < 4.78 is 0. The van der Waals surface area contributed by atoms with Crippen molar-refractivity contribution in [1.29, 1.82) is 0 Å². The third-order valence-corrected chi connectivity index (χ3v) is 6.83. The highest BCUT2D eigenvalue weighted by Crippen LogP contribution is 2.46. The van der Waals surface area contributed by atoms with Crippen LogP contribution in [0, 0.1) is 6.92 Å². The Hall–Kier alpha value is -1.88. The summed E-state index contributed by atoms with van der Waals surface area (Å²) in [5.74, 6) is 0. The molecule has 0 aromatic heterocycles. The van der Waals surface area contributed by atoms with Gasteiger partial charge in [0.1, 0.15) is 0 Å². The number of hydrogen-bond acceptors (Lipinski definition) is 4. The SMILES string of the molecule is Cc1ccccc1N1CC2(CCC(c3ccccc3)(N(C)C)CC2)NC1O. The van der Waals surface area contributed by atoms with E-state index in [1.165, 1.54) is 11.1 Å². The number of aliphatic hydroxyl groups excluding tert-OH is 1. The molecule has 2 aromatic rings. The molecule has 1 saturated carbocycles. The van der Waals surface area contributed by atoms with Gasteiger partial charge in [-0.2, -0.15) is 0 Å². The molecule has 1 aliphatic carbocycles. The Morgan fingerprint density at radius 1 is 0.963 bits per heavy atom. The number of hydrogen-bond donors (Lipinski definition) is 2. The van der Waals surface area contributed by atoms with E-state index in [9.17, 15) is 5.11 Å². The summed E-state index contributed by atoms with van der Waals surface area (Å²) in [4.78, 5) is 4.51. The lowest BCUT2D eigenvalue weighted by Crippen LogP contribution is -2.54. The van der Waals surface area contributed by atoms with Crippen molar-refractivity contribution in [2.75, 3.05) is 25.5 Å². The van der Waals surface area contributed by atoms with Crippen molar-refractivity contribution in [3.8, 4) is 0 Å². The number of aryl methyl sites for hydroxylation is 1. The van der Waals surface area contributed by atoms with Crippen LogP contribution < -0.4 is 10.2 Å². The predicted octanol–water partition coefficient (Wildman–Crippen LogP) is 3.45. The van der Waals surface area contributed by atoms with Crippen LogP contribution in [0.1, 0.15) is 36.8 Å². The van der Waals surface area contributed by atoms with Crippen molar-refractivity contribution >= 4 is 5.69 Å². The monoisotopic (exact) mass is 365 g/mol. The van der Waals surface area contributed by atoms with Crippen molar-refractivity contribution in [3.05, 3.63) is 65.7 Å². The van der Waals surface area contributed by atoms with Crippen LogP contribution in [0.3, 0.4) is 0 Å². The molecule has 2 fully saturated rings. The quantitative estimate of drug-likeness (QED) is 0.874. The van der Waals surface area contributed by atoms with E-state index in [0.29, 0.717) is 0 Å². The van der Waals surface area contributed by atoms with E-state index in [1.54, 1.807) is 0 Å². The maximum absolute atomic E-state index is 10.7. The fourth-order valence-corrected chi connectivity index (χ4v) is 5.10. The summed E-state index contributed by atoms with van der Waals surface area (Å²) in [5, 5.41) is 14.3. The molecule has 1 spiro atoms. The Balaban J connectivity index is 1.56. The molecule has 144 valence electrons. The van der Waals surface area contributed by atoms with Gasteiger partial charge in [-0.05, 0) is 63.9 Å². The second kappa shape index (κ2) is 6.93. The number of anilines is 1. The molecule has 1 aliphatic heterocycles. The van der Waals surface area contributed by atoms with E-state index in [-0.39, 0.29) is 11.1 Å². The molecular weight excluding hydrogens is 334 g/mol. The fraction of sp³-hybridized carbons (Fsp3) is 0.478. The first kappa shape index (κ1) is 18.5. The largest absolute Gasteiger partial charge is 0.361 e. The highest BCUT2D eigenvalue weighted by atomic mass is 16.3. The molecule has 4 rings (SSSR count). The van der Waals surface area contributed by atoms with Crippen LogP contribution >= 0.6 is 0 Å². The van der Waals surface area contributed by atoms with Crippen molar-refractivity contribution < 1.29 is 5.11 Å². The predicted molar refractivity (Wildman–Crippen MR) is 111 cm³/mol. The minimum Gasteiger partial charge on any atom is -0.361 e. The number of nitrogens with one attached hydrogen (secondary N) is 1. The average Bonchev–Trinajstić information content (AvgIpc) is 2.99. The molecule has 1 unspecified atom stereocenters. The molecule has 2 aliphatic rings. The molecule has 2 aromatic carbocycles. The molecule has 0 bridgehead atoms. The Morgan fingerprint density at radius 2 is 1.59 bits per heavy atom. The van der Waals surface area contributed by atoms with Gasteiger partial charge in [0.25, 0.3) is 0 Å². The number of para-hydroxylation sites is 1. The lowest BCUT2D eigenvalue weighted by molar-refractivity contribution is 0.0513. The van der Waals surface area contributed by atoms with E-state index in [2.05, 4.69) is 84.7 Å². The molecule has 4 heteroatoms. The summed E-state index contributed by atoms with van der Waals surface area (Å²) in [5.41, 5.74) is 3.80. The van der Waals surface area contributed by atoms with Gasteiger partial charge >= 0.3 is 0 Å². The lowest BCUT2D eigenvalue weighted by Gasteiger charge is -2.49. The van der Waals surface area contributed by atoms with Gasteiger partial charge in [0.15, 0.2) is 6.35 Å². The van der Waals surface area contributed by atoms with Crippen LogP contribution in [-0.4, -0.2) is 42.5 Å². The van der Waals surface area contributed by atoms with E-state index in [1.807, 2.05) is 6.07 Å². The van der Waals surface area contributed by atoms with Crippen LogP contribution in [0.4, 0.5) is 5.69 Å². The standard InChI is InChI=1S/C23H31N3O/c1-18-9-7-8-12-20(18)26-17-22(24-21(26)27)13-15-23(16-14-22,25(2)3)19-10-5-4-6-11-19/h4-12,21,24,27H,13-17H2,1-3H3. The maximum atomic E-state index is 10.7. The van der Waals surface area contributed by atoms with Gasteiger partial charge in [0.05, 0.1) is 0 Å². The Morgan fingerprint density at radius 3 is 2.22 bits per heavy atom. The fourth-order valence-electron chi connectivity index (χ4n) is 5.10. The molecular formula is C23H31N3O. The molecule has 0 amide bonds. The van der Waals surface area contributed by atoms with E-state index in [4.69, 9.17) is 0 Å². The van der Waals surface area contributed by atoms with Gasteiger partial charge in [-0.3, -0.25) is 10.2 Å². The smallest absolute Gasteiger partial charge is 0.184 e. The second-order valence-electron chi connectivity index (χ2n) is 8.50. The summed E-state index contributed by atoms with van der Waals surface area (Å²) >= 11 is 0. The van der Waals surface area contributed by atoms with Gasteiger partial charge in [-0.15, -0.1) is 0 Å². The van der Waals surface area contributed by atoms with Crippen molar-refractivity contribution in [2.24, 2.45) is 0 Å². The van der Waals surface area contributed by atoms with E-state index in [0.717, 1.165) is 37.9 Å². The summed E-state index contributed by atoms with van der Waals surface area (Å²) in [7, 11) is 4.39. The normalized spacial score (nSPS) is 31.0. The number of rotatable bonds is 3. The molecule has 2 N–H and O–H groups in total. The average molecular weight is 366 g/mol. The molecule has 1 saturated heterocycles. The van der Waals surface area contributed by atoms with Crippen LogP contribution in [0.2, 0.25) is 0 Å². The first-order chi connectivity index (χ1) is 13.0. The van der Waals surface area contributed by atoms with Gasteiger partial charge in [0, 0.05) is 23.3 Å². The molecule has 4 nitrogen and oxygen atoms in total. The van der Waals surface area contributed by atoms with Crippen molar-refractivity contribution in [2.45, 2.75) is 50.0 Å². The van der Waals surface area contributed by atoms with Crippen molar-refractivity contribution in [1.82, 2.24) is 10.2 Å². The maximum Gasteiger partial charge on any atom is 0.184 e. The van der Waals surface area contributed by atoms with Gasteiger partial charge in [-0.25, -0.2) is 0 Å². The second-order valence-corrected chi connectivity index (χ2v) is 8.50. The van der Waals surface area contributed by atoms with Crippen molar-refractivity contribution in [3.63, 3.8) is 0 Å². The molecule has 1 atom stereocenters. The Kier molecular flexibility index (Phi) is 4.75. The third kappa shape index (κ3) is 3.16. The van der Waals surface area contributed by atoms with Crippen LogP contribution in [-0.2, 0) is 5.54 Å².